The number of benzene rings is 1. The van der Waals surface area contributed by atoms with Crippen LogP contribution in [-0.2, 0) is 6.42 Å². The van der Waals surface area contributed by atoms with Gasteiger partial charge < -0.3 is 0 Å². The maximum Gasteiger partial charge on any atom is -0.0198 e. The first-order chi connectivity index (χ1) is 5.83. The third-order valence-corrected chi connectivity index (χ3v) is 2.21. The van der Waals surface area contributed by atoms with Gasteiger partial charge in [0.2, 0.25) is 0 Å². The van der Waals surface area contributed by atoms with Gasteiger partial charge in [0.15, 0.2) is 0 Å². The van der Waals surface area contributed by atoms with Gasteiger partial charge in [-0.15, -0.1) is 0 Å². The molecule has 0 spiro atoms. The van der Waals surface area contributed by atoms with Crippen molar-refractivity contribution in [2.75, 3.05) is 0 Å². The molecule has 0 nitrogen and oxygen atoms in total. The molecule has 0 fully saturated rings. The minimum Gasteiger partial charge on any atom is -0.0798 e. The summed E-state index contributed by atoms with van der Waals surface area (Å²) in [5.41, 5.74) is 1.44. The van der Waals surface area contributed by atoms with Crippen LogP contribution in [0.2, 0.25) is 0 Å². The smallest absolute Gasteiger partial charge is 0.0198 e. The van der Waals surface area contributed by atoms with Gasteiger partial charge >= 0.3 is 0 Å². The Hall–Kier alpha value is -1.04. The predicted octanol–water partition coefficient (Wildman–Crippen LogP) is 1.85. The second kappa shape index (κ2) is 4.10. The van der Waals surface area contributed by atoms with E-state index in [0.29, 0.717) is 0 Å². The van der Waals surface area contributed by atoms with Crippen molar-refractivity contribution in [3.63, 3.8) is 0 Å². The first-order valence-corrected chi connectivity index (χ1v) is 4.54. The fraction of sp³-hybridized carbons (Fsp3) is 0.333. The number of hydrogen-bond acceptors (Lipinski definition) is 0. The van der Waals surface area contributed by atoms with E-state index in [9.17, 15) is 0 Å². The molecule has 1 aromatic carbocycles. The summed E-state index contributed by atoms with van der Waals surface area (Å²) < 4.78 is 0. The Labute approximate surface area is 74.2 Å². The zero-order chi connectivity index (χ0) is 8.97. The molecule has 0 saturated carbocycles. The highest BCUT2D eigenvalue weighted by atomic mass is 14.0. The van der Waals surface area contributed by atoms with Crippen LogP contribution in [0.1, 0.15) is 26.3 Å². The van der Waals surface area contributed by atoms with E-state index in [1.165, 1.54) is 16.0 Å². The molecule has 0 N–H and O–H groups in total. The molecular weight excluding hydrogens is 144 g/mol. The first-order valence-electron chi connectivity index (χ1n) is 4.54. The van der Waals surface area contributed by atoms with Gasteiger partial charge in [-0.05, 0) is 36.3 Å². The van der Waals surface area contributed by atoms with Gasteiger partial charge in [0.05, 0.1) is 0 Å². The molecular formula is C12H16. The van der Waals surface area contributed by atoms with Crippen LogP contribution in [0.3, 0.4) is 0 Å². The summed E-state index contributed by atoms with van der Waals surface area (Å²) >= 11 is 0. The van der Waals surface area contributed by atoms with E-state index in [4.69, 9.17) is 0 Å². The van der Waals surface area contributed by atoms with E-state index in [0.717, 1.165) is 6.42 Å². The SMILES string of the molecule is C/C=c1/cccc(CC)/c1=C/C. The van der Waals surface area contributed by atoms with E-state index in [1.807, 2.05) is 0 Å². The van der Waals surface area contributed by atoms with Gasteiger partial charge in [-0.1, -0.05) is 37.3 Å². The highest BCUT2D eigenvalue weighted by molar-refractivity contribution is 5.34. The molecule has 0 aliphatic rings. The molecule has 0 aromatic heterocycles. The summed E-state index contributed by atoms with van der Waals surface area (Å²) in [4.78, 5) is 0. The minimum absolute atomic E-state index is 1.11. The molecule has 0 amide bonds. The normalized spacial score (nSPS) is 13.9. The van der Waals surface area contributed by atoms with Gasteiger partial charge in [-0.25, -0.2) is 0 Å². The maximum absolute atomic E-state index is 2.20. The monoisotopic (exact) mass is 160 g/mol. The summed E-state index contributed by atoms with van der Waals surface area (Å²) in [6.45, 7) is 6.38. The van der Waals surface area contributed by atoms with Crippen molar-refractivity contribution in [3.05, 3.63) is 34.2 Å². The van der Waals surface area contributed by atoms with Crippen LogP contribution < -0.4 is 10.4 Å². The van der Waals surface area contributed by atoms with Gasteiger partial charge in [0.25, 0.3) is 0 Å². The van der Waals surface area contributed by atoms with Crippen LogP contribution in [0.4, 0.5) is 0 Å². The minimum atomic E-state index is 1.11. The standard InChI is InChI=1S/C12H16/c1-4-10-8-7-9-11(5-2)12(10)6-3/h4,6-9H,5H2,1-3H3/b10-4-,12-6+. The number of hydrogen-bond donors (Lipinski definition) is 0. The summed E-state index contributed by atoms with van der Waals surface area (Å²) in [5, 5.41) is 2.74. The molecule has 0 atom stereocenters. The molecule has 1 rings (SSSR count). The number of rotatable bonds is 1. The lowest BCUT2D eigenvalue weighted by molar-refractivity contribution is 1.11. The van der Waals surface area contributed by atoms with Crippen molar-refractivity contribution in [3.8, 4) is 0 Å². The van der Waals surface area contributed by atoms with Crippen molar-refractivity contribution in [2.45, 2.75) is 27.2 Å². The Balaban J connectivity index is 3.56. The molecule has 0 bridgehead atoms. The van der Waals surface area contributed by atoms with Gasteiger partial charge in [-0.2, -0.15) is 0 Å². The average Bonchev–Trinajstić information content (AvgIpc) is 2.16. The van der Waals surface area contributed by atoms with E-state index in [1.54, 1.807) is 0 Å². The maximum atomic E-state index is 2.20. The highest BCUT2D eigenvalue weighted by Gasteiger charge is 1.90. The van der Waals surface area contributed by atoms with E-state index >= 15 is 0 Å². The van der Waals surface area contributed by atoms with Gasteiger partial charge in [0.1, 0.15) is 0 Å². The molecule has 0 heteroatoms. The molecule has 0 unspecified atom stereocenters. The molecule has 0 saturated heterocycles. The van der Waals surface area contributed by atoms with Crippen LogP contribution in [-0.4, -0.2) is 0 Å². The van der Waals surface area contributed by atoms with Crippen molar-refractivity contribution < 1.29 is 0 Å². The second-order valence-corrected chi connectivity index (χ2v) is 2.85. The quantitative estimate of drug-likeness (QED) is 0.588. The van der Waals surface area contributed by atoms with Crippen molar-refractivity contribution >= 4 is 12.2 Å². The molecule has 0 heterocycles. The van der Waals surface area contributed by atoms with E-state index in [2.05, 4.69) is 51.1 Å². The molecule has 64 valence electrons. The largest absolute Gasteiger partial charge is 0.0798 e. The second-order valence-electron chi connectivity index (χ2n) is 2.85. The van der Waals surface area contributed by atoms with Gasteiger partial charge in [-0.3, -0.25) is 0 Å². The molecule has 0 aliphatic heterocycles. The third kappa shape index (κ3) is 1.58. The van der Waals surface area contributed by atoms with Crippen LogP contribution in [0.15, 0.2) is 18.2 Å². The van der Waals surface area contributed by atoms with E-state index in [-0.39, 0.29) is 0 Å². The summed E-state index contributed by atoms with van der Waals surface area (Å²) in [7, 11) is 0. The lowest BCUT2D eigenvalue weighted by atomic mass is 10.1. The Morgan fingerprint density at radius 1 is 1.17 bits per heavy atom. The summed E-state index contributed by atoms with van der Waals surface area (Å²) in [6, 6.07) is 6.48. The van der Waals surface area contributed by atoms with Crippen LogP contribution >= 0.6 is 0 Å². The van der Waals surface area contributed by atoms with Crippen LogP contribution in [0.25, 0.3) is 12.2 Å². The van der Waals surface area contributed by atoms with Crippen LogP contribution in [0, 0.1) is 0 Å². The Bertz CT molecular complexity index is 358. The average molecular weight is 160 g/mol. The number of aryl methyl sites for hydroxylation is 1. The summed E-state index contributed by atoms with van der Waals surface area (Å²) in [5.74, 6) is 0. The Morgan fingerprint density at radius 2 is 1.92 bits per heavy atom. The molecule has 0 radical (unpaired) electrons. The topological polar surface area (TPSA) is 0 Å². The van der Waals surface area contributed by atoms with Crippen molar-refractivity contribution in [1.82, 2.24) is 0 Å². The Morgan fingerprint density at radius 3 is 2.42 bits per heavy atom. The lowest BCUT2D eigenvalue weighted by Gasteiger charge is -1.97. The highest BCUT2D eigenvalue weighted by Crippen LogP contribution is 1.88. The van der Waals surface area contributed by atoms with Crippen molar-refractivity contribution in [1.29, 1.82) is 0 Å². The molecule has 1 aromatic rings. The lowest BCUT2D eigenvalue weighted by Crippen LogP contribution is -2.27. The van der Waals surface area contributed by atoms with Gasteiger partial charge in [0, 0.05) is 0 Å². The summed E-state index contributed by atoms with van der Waals surface area (Å²) in [6.07, 6.45) is 5.46. The van der Waals surface area contributed by atoms with Crippen molar-refractivity contribution in [2.24, 2.45) is 0 Å². The molecule has 12 heavy (non-hydrogen) atoms. The molecule has 0 aliphatic carbocycles. The Kier molecular flexibility index (Phi) is 3.09. The fourth-order valence-corrected chi connectivity index (χ4v) is 1.54. The third-order valence-electron chi connectivity index (χ3n) is 2.21. The zero-order valence-electron chi connectivity index (χ0n) is 8.09. The van der Waals surface area contributed by atoms with Crippen LogP contribution in [0.5, 0.6) is 0 Å². The van der Waals surface area contributed by atoms with E-state index < -0.39 is 0 Å². The fourth-order valence-electron chi connectivity index (χ4n) is 1.54. The predicted molar refractivity (Wildman–Crippen MR) is 55.3 cm³/mol. The first kappa shape index (κ1) is 9.05. The zero-order valence-corrected chi connectivity index (χ0v) is 8.09.